The lowest BCUT2D eigenvalue weighted by Crippen LogP contribution is -2.11. The first kappa shape index (κ1) is 16.3. The van der Waals surface area contributed by atoms with Crippen LogP contribution < -0.4 is 10.1 Å². The van der Waals surface area contributed by atoms with E-state index >= 15 is 0 Å². The Morgan fingerprint density at radius 2 is 1.96 bits per heavy atom. The first-order valence-electron chi connectivity index (χ1n) is 6.80. The average Bonchev–Trinajstić information content (AvgIpc) is 2.95. The van der Waals surface area contributed by atoms with Crippen molar-refractivity contribution in [2.45, 2.75) is 6.18 Å². The van der Waals surface area contributed by atoms with Gasteiger partial charge in [-0.1, -0.05) is 23.5 Å². The predicted octanol–water partition coefficient (Wildman–Crippen LogP) is 4.58. The van der Waals surface area contributed by atoms with E-state index in [-0.39, 0.29) is 10.6 Å². The zero-order chi connectivity index (χ0) is 17.3. The number of nitrogens with one attached hydrogen (secondary N) is 1. The van der Waals surface area contributed by atoms with Gasteiger partial charge >= 0.3 is 6.18 Å². The van der Waals surface area contributed by atoms with Crippen molar-refractivity contribution in [2.75, 3.05) is 12.4 Å². The Morgan fingerprint density at radius 1 is 1.21 bits per heavy atom. The van der Waals surface area contributed by atoms with Crippen LogP contribution in [0.5, 0.6) is 5.75 Å². The highest BCUT2D eigenvalue weighted by Crippen LogP contribution is 2.37. The van der Waals surface area contributed by atoms with Crippen molar-refractivity contribution in [1.29, 1.82) is 0 Å². The van der Waals surface area contributed by atoms with Crippen LogP contribution >= 0.6 is 11.3 Å². The number of carbonyl (C=O) groups is 1. The van der Waals surface area contributed by atoms with E-state index in [1.165, 1.54) is 25.3 Å². The smallest absolute Gasteiger partial charge is 0.418 e. The molecule has 124 valence electrons. The first-order chi connectivity index (χ1) is 11.4. The molecule has 1 amide bonds. The van der Waals surface area contributed by atoms with Gasteiger partial charge in [-0.05, 0) is 30.3 Å². The van der Waals surface area contributed by atoms with E-state index in [4.69, 9.17) is 4.74 Å². The van der Waals surface area contributed by atoms with E-state index in [0.717, 1.165) is 17.4 Å². The number of ether oxygens (including phenoxy) is 1. The Bertz CT molecular complexity index is 906. The quantitative estimate of drug-likeness (QED) is 0.751. The van der Waals surface area contributed by atoms with Gasteiger partial charge in [0.05, 0.1) is 22.9 Å². The van der Waals surface area contributed by atoms with Gasteiger partial charge in [-0.3, -0.25) is 10.1 Å². The van der Waals surface area contributed by atoms with Crippen LogP contribution in [0.3, 0.4) is 0 Å². The van der Waals surface area contributed by atoms with Gasteiger partial charge in [0.15, 0.2) is 5.13 Å². The molecule has 0 atom stereocenters. The van der Waals surface area contributed by atoms with Crippen LogP contribution in [-0.2, 0) is 6.18 Å². The molecule has 3 aromatic rings. The van der Waals surface area contributed by atoms with Crippen LogP contribution in [0.2, 0.25) is 0 Å². The molecular formula is C16H11F3N2O2S. The zero-order valence-corrected chi connectivity index (χ0v) is 13.2. The van der Waals surface area contributed by atoms with Crippen LogP contribution in [0, 0.1) is 0 Å². The molecule has 24 heavy (non-hydrogen) atoms. The fourth-order valence-corrected chi connectivity index (χ4v) is 3.05. The van der Waals surface area contributed by atoms with Crippen molar-refractivity contribution >= 4 is 32.6 Å². The molecule has 0 spiro atoms. The van der Waals surface area contributed by atoms with E-state index in [1.807, 2.05) is 0 Å². The monoisotopic (exact) mass is 352 g/mol. The molecule has 3 rings (SSSR count). The Hall–Kier alpha value is -2.61. The molecule has 4 nitrogen and oxygen atoms in total. The third-order valence-electron chi connectivity index (χ3n) is 3.28. The van der Waals surface area contributed by atoms with Gasteiger partial charge in [0.25, 0.3) is 5.91 Å². The Balaban J connectivity index is 1.92. The van der Waals surface area contributed by atoms with Crippen molar-refractivity contribution in [3.05, 3.63) is 53.6 Å². The van der Waals surface area contributed by atoms with Crippen molar-refractivity contribution < 1.29 is 22.7 Å². The molecule has 0 saturated carbocycles. The SMILES string of the molecule is COc1cccc(C(=O)Nc2nc3c(C(F)(F)F)cccc3s2)c1. The van der Waals surface area contributed by atoms with Gasteiger partial charge in [0, 0.05) is 5.56 Å². The first-order valence-corrected chi connectivity index (χ1v) is 7.62. The summed E-state index contributed by atoms with van der Waals surface area (Å²) in [6.07, 6.45) is -4.50. The van der Waals surface area contributed by atoms with Crippen LogP contribution in [0.25, 0.3) is 10.2 Å². The average molecular weight is 352 g/mol. The maximum Gasteiger partial charge on any atom is 0.418 e. The number of thiazole rings is 1. The summed E-state index contributed by atoms with van der Waals surface area (Å²) in [5.41, 5.74) is -0.668. The number of fused-ring (bicyclic) bond motifs is 1. The maximum atomic E-state index is 13.0. The van der Waals surface area contributed by atoms with E-state index in [9.17, 15) is 18.0 Å². The molecule has 0 aliphatic heterocycles. The molecule has 0 saturated heterocycles. The van der Waals surface area contributed by atoms with Crippen molar-refractivity contribution in [2.24, 2.45) is 0 Å². The van der Waals surface area contributed by atoms with Crippen molar-refractivity contribution in [3.8, 4) is 5.75 Å². The molecule has 0 aliphatic carbocycles. The fraction of sp³-hybridized carbons (Fsp3) is 0.125. The molecule has 0 unspecified atom stereocenters. The number of anilines is 1. The largest absolute Gasteiger partial charge is 0.497 e. The van der Waals surface area contributed by atoms with Gasteiger partial charge < -0.3 is 4.74 Å². The lowest BCUT2D eigenvalue weighted by Gasteiger charge is -2.06. The number of para-hydroxylation sites is 1. The highest BCUT2D eigenvalue weighted by atomic mass is 32.1. The second-order valence-corrected chi connectivity index (χ2v) is 5.89. The number of halogens is 3. The number of benzene rings is 2. The fourth-order valence-electron chi connectivity index (χ4n) is 2.16. The summed E-state index contributed by atoms with van der Waals surface area (Å²) in [4.78, 5) is 16.1. The molecule has 1 heterocycles. The number of hydrogen-bond acceptors (Lipinski definition) is 4. The van der Waals surface area contributed by atoms with Gasteiger partial charge in [-0.15, -0.1) is 0 Å². The highest BCUT2D eigenvalue weighted by Gasteiger charge is 2.33. The number of aromatic nitrogens is 1. The van der Waals surface area contributed by atoms with Crippen LogP contribution in [0.1, 0.15) is 15.9 Å². The Kier molecular flexibility index (Phi) is 4.15. The summed E-state index contributed by atoms with van der Waals surface area (Å²) < 4.78 is 44.4. The topological polar surface area (TPSA) is 51.2 Å². The van der Waals surface area contributed by atoms with Gasteiger partial charge in [-0.2, -0.15) is 13.2 Å². The highest BCUT2D eigenvalue weighted by molar-refractivity contribution is 7.22. The number of hydrogen-bond donors (Lipinski definition) is 1. The number of carbonyl (C=O) groups excluding carboxylic acids is 1. The normalized spacial score (nSPS) is 11.5. The van der Waals surface area contributed by atoms with Gasteiger partial charge in [0.1, 0.15) is 5.75 Å². The van der Waals surface area contributed by atoms with Crippen molar-refractivity contribution in [1.82, 2.24) is 4.98 Å². The Labute approximate surface area is 138 Å². The van der Waals surface area contributed by atoms with Crippen LogP contribution in [0.4, 0.5) is 18.3 Å². The molecule has 2 aromatic carbocycles. The zero-order valence-electron chi connectivity index (χ0n) is 12.3. The minimum absolute atomic E-state index is 0.106. The van der Waals surface area contributed by atoms with E-state index in [1.54, 1.807) is 18.2 Å². The summed E-state index contributed by atoms with van der Waals surface area (Å²) in [6, 6.07) is 10.3. The van der Waals surface area contributed by atoms with Gasteiger partial charge in [-0.25, -0.2) is 4.98 Å². The van der Waals surface area contributed by atoms with E-state index in [2.05, 4.69) is 10.3 Å². The number of rotatable bonds is 3. The minimum atomic E-state index is -4.50. The third kappa shape index (κ3) is 3.18. The van der Waals surface area contributed by atoms with Crippen LogP contribution in [-0.4, -0.2) is 18.0 Å². The summed E-state index contributed by atoms with van der Waals surface area (Å²) in [6.45, 7) is 0. The standard InChI is InChI=1S/C16H11F3N2O2S/c1-23-10-5-2-4-9(8-10)14(22)21-15-20-13-11(16(17,18)19)6-3-7-12(13)24-15/h2-8H,1H3,(H,20,21,22). The van der Waals surface area contributed by atoms with Crippen LogP contribution in [0.15, 0.2) is 42.5 Å². The predicted molar refractivity (Wildman–Crippen MR) is 85.6 cm³/mol. The third-order valence-corrected chi connectivity index (χ3v) is 4.21. The molecule has 0 radical (unpaired) electrons. The van der Waals surface area contributed by atoms with Crippen molar-refractivity contribution in [3.63, 3.8) is 0 Å². The number of nitrogens with zero attached hydrogens (tertiary/aromatic N) is 1. The molecule has 1 N–H and O–H groups in total. The molecule has 0 aliphatic rings. The minimum Gasteiger partial charge on any atom is -0.497 e. The molecule has 0 fully saturated rings. The van der Waals surface area contributed by atoms with Gasteiger partial charge in [0.2, 0.25) is 0 Å². The number of alkyl halides is 3. The number of methoxy groups -OCH3 is 1. The molecule has 0 bridgehead atoms. The molecule has 8 heteroatoms. The second-order valence-electron chi connectivity index (χ2n) is 4.86. The molecular weight excluding hydrogens is 341 g/mol. The maximum absolute atomic E-state index is 13.0. The Morgan fingerprint density at radius 3 is 2.67 bits per heavy atom. The second kappa shape index (κ2) is 6.12. The summed E-state index contributed by atoms with van der Waals surface area (Å²) >= 11 is 0.986. The molecule has 1 aromatic heterocycles. The summed E-state index contributed by atoms with van der Waals surface area (Å²) in [7, 11) is 1.48. The van der Waals surface area contributed by atoms with E-state index in [0.29, 0.717) is 16.0 Å². The summed E-state index contributed by atoms with van der Waals surface area (Å²) in [5, 5.41) is 2.63. The lowest BCUT2D eigenvalue weighted by molar-refractivity contribution is -0.136. The van der Waals surface area contributed by atoms with E-state index < -0.39 is 17.6 Å². The lowest BCUT2D eigenvalue weighted by atomic mass is 10.2. The number of amides is 1. The summed E-state index contributed by atoms with van der Waals surface area (Å²) in [5.74, 6) is 0.0350.